The van der Waals surface area contributed by atoms with Crippen LogP contribution in [0.5, 0.6) is 5.88 Å². The number of furan rings is 1. The molecule has 23 heavy (non-hydrogen) atoms. The van der Waals surface area contributed by atoms with Crippen molar-refractivity contribution in [3.63, 3.8) is 0 Å². The van der Waals surface area contributed by atoms with Crippen LogP contribution in [-0.4, -0.2) is 27.7 Å². The lowest BCUT2D eigenvalue weighted by Gasteiger charge is -2.23. The first-order valence-corrected chi connectivity index (χ1v) is 8.12. The number of ether oxygens (including phenoxy) is 1. The van der Waals surface area contributed by atoms with Crippen molar-refractivity contribution < 1.29 is 14.3 Å². The molecule has 0 bridgehead atoms. The van der Waals surface area contributed by atoms with Gasteiger partial charge >= 0.3 is 0 Å². The Hall–Kier alpha value is -2.08. The monoisotopic (exact) mass is 317 g/mol. The summed E-state index contributed by atoms with van der Waals surface area (Å²) in [5.41, 5.74) is -1.12. The van der Waals surface area contributed by atoms with Gasteiger partial charge in [0, 0.05) is 0 Å². The van der Waals surface area contributed by atoms with Gasteiger partial charge in [-0.25, -0.2) is 0 Å². The van der Waals surface area contributed by atoms with E-state index in [4.69, 9.17) is 9.15 Å². The van der Waals surface area contributed by atoms with Crippen LogP contribution in [0.25, 0.3) is 0 Å². The van der Waals surface area contributed by atoms with E-state index in [1.165, 1.54) is 19.3 Å². The molecule has 2 N–H and O–H groups in total. The summed E-state index contributed by atoms with van der Waals surface area (Å²) in [6, 6.07) is 3.50. The normalized spacial score (nSPS) is 18.3. The first-order valence-electron chi connectivity index (χ1n) is 8.12. The zero-order chi connectivity index (χ0) is 16.1. The predicted molar refractivity (Wildman–Crippen MR) is 86.3 cm³/mol. The molecule has 0 amide bonds. The number of rotatable bonds is 6. The maximum atomic E-state index is 10.4. The zero-order valence-corrected chi connectivity index (χ0v) is 13.4. The Morgan fingerprint density at radius 1 is 1.35 bits per heavy atom. The largest absolute Gasteiger partial charge is 0.473 e. The molecular formula is C17H23N3O3. The second-order valence-electron chi connectivity index (χ2n) is 6.23. The van der Waals surface area contributed by atoms with E-state index < -0.39 is 5.60 Å². The van der Waals surface area contributed by atoms with Gasteiger partial charge in [-0.1, -0.05) is 6.42 Å². The Labute approximate surface area is 135 Å². The summed E-state index contributed by atoms with van der Waals surface area (Å²) in [7, 11) is 0. The molecule has 0 aromatic carbocycles. The summed E-state index contributed by atoms with van der Waals surface area (Å²) in [4.78, 5) is 8.57. The molecule has 2 aromatic rings. The van der Waals surface area contributed by atoms with Crippen LogP contribution >= 0.6 is 0 Å². The van der Waals surface area contributed by atoms with Gasteiger partial charge in [-0.15, -0.1) is 0 Å². The zero-order valence-electron chi connectivity index (χ0n) is 13.4. The highest BCUT2D eigenvalue weighted by Crippen LogP contribution is 2.24. The third-order valence-corrected chi connectivity index (χ3v) is 4.12. The Morgan fingerprint density at radius 3 is 2.91 bits per heavy atom. The number of aromatic nitrogens is 2. The molecule has 124 valence electrons. The summed E-state index contributed by atoms with van der Waals surface area (Å²) in [6.45, 7) is 1.96. The third kappa shape index (κ3) is 4.22. The van der Waals surface area contributed by atoms with Crippen LogP contribution in [0.2, 0.25) is 0 Å². The highest BCUT2D eigenvalue weighted by Gasteiger charge is 2.26. The van der Waals surface area contributed by atoms with E-state index in [0.29, 0.717) is 17.5 Å². The summed E-state index contributed by atoms with van der Waals surface area (Å²) in [5, 5.41) is 13.5. The second kappa shape index (κ2) is 7.00. The van der Waals surface area contributed by atoms with Crippen LogP contribution in [0.15, 0.2) is 35.2 Å². The lowest BCUT2D eigenvalue weighted by Crippen LogP contribution is -2.30. The highest BCUT2D eigenvalue weighted by atomic mass is 16.5. The lowest BCUT2D eigenvalue weighted by molar-refractivity contribution is 0.0475. The number of hydrogen-bond acceptors (Lipinski definition) is 6. The van der Waals surface area contributed by atoms with Crippen LogP contribution in [0.3, 0.4) is 0 Å². The molecule has 2 aromatic heterocycles. The molecule has 0 spiro atoms. The predicted octanol–water partition coefficient (Wildman–Crippen LogP) is 3.10. The van der Waals surface area contributed by atoms with Crippen LogP contribution in [0.1, 0.15) is 44.8 Å². The molecule has 1 aliphatic carbocycles. The fraction of sp³-hybridized carbons (Fsp3) is 0.529. The van der Waals surface area contributed by atoms with Crippen molar-refractivity contribution >= 4 is 5.82 Å². The quantitative estimate of drug-likeness (QED) is 0.852. The molecule has 3 rings (SSSR count). The van der Waals surface area contributed by atoms with Crippen molar-refractivity contribution in [1.29, 1.82) is 0 Å². The lowest BCUT2D eigenvalue weighted by atomic mass is 9.98. The van der Waals surface area contributed by atoms with E-state index in [9.17, 15) is 5.11 Å². The van der Waals surface area contributed by atoms with Crippen LogP contribution < -0.4 is 10.1 Å². The maximum absolute atomic E-state index is 10.4. The van der Waals surface area contributed by atoms with E-state index in [-0.39, 0.29) is 12.6 Å². The average Bonchev–Trinajstić information content (AvgIpc) is 3.10. The maximum Gasteiger partial charge on any atom is 0.234 e. The molecule has 6 nitrogen and oxygen atoms in total. The molecule has 1 unspecified atom stereocenters. The molecule has 6 heteroatoms. The minimum absolute atomic E-state index is 0.236. The van der Waals surface area contributed by atoms with Crippen molar-refractivity contribution in [2.45, 2.75) is 50.7 Å². The summed E-state index contributed by atoms with van der Waals surface area (Å²) < 4.78 is 11.2. The van der Waals surface area contributed by atoms with Gasteiger partial charge in [0.1, 0.15) is 23.3 Å². The van der Waals surface area contributed by atoms with Crippen LogP contribution in [-0.2, 0) is 5.60 Å². The molecule has 1 saturated carbocycles. The number of hydrogen-bond donors (Lipinski definition) is 2. The van der Waals surface area contributed by atoms with Gasteiger partial charge in [-0.2, -0.15) is 4.98 Å². The van der Waals surface area contributed by atoms with Crippen molar-refractivity contribution in [2.75, 3.05) is 11.9 Å². The van der Waals surface area contributed by atoms with Crippen LogP contribution in [0, 0.1) is 0 Å². The van der Waals surface area contributed by atoms with Gasteiger partial charge in [0.2, 0.25) is 5.88 Å². The standard InChI is InChI=1S/C17H23N3O3/c1-17(21,14-8-5-9-22-14)12-19-15-10-18-11-16(20-15)23-13-6-3-2-4-7-13/h5,8-11,13,21H,2-4,6-7,12H2,1H3,(H,19,20). The van der Waals surface area contributed by atoms with Gasteiger partial charge in [0.25, 0.3) is 0 Å². The SMILES string of the molecule is CC(O)(CNc1cncc(OC2CCCCC2)n1)c1ccco1. The topological polar surface area (TPSA) is 80.4 Å². The fourth-order valence-corrected chi connectivity index (χ4v) is 2.78. The second-order valence-corrected chi connectivity index (χ2v) is 6.23. The van der Waals surface area contributed by atoms with Crippen molar-refractivity contribution in [2.24, 2.45) is 0 Å². The van der Waals surface area contributed by atoms with Crippen molar-refractivity contribution in [3.8, 4) is 5.88 Å². The molecule has 1 atom stereocenters. The molecule has 0 saturated heterocycles. The van der Waals surface area contributed by atoms with Gasteiger partial charge in [-0.3, -0.25) is 4.98 Å². The average molecular weight is 317 g/mol. The molecule has 0 radical (unpaired) electrons. The summed E-state index contributed by atoms with van der Waals surface area (Å²) >= 11 is 0. The van der Waals surface area contributed by atoms with Gasteiger partial charge in [0.15, 0.2) is 0 Å². The Bertz CT molecular complexity index is 607. The highest BCUT2D eigenvalue weighted by molar-refractivity contribution is 5.34. The smallest absolute Gasteiger partial charge is 0.234 e. The number of anilines is 1. The number of nitrogens with zero attached hydrogens (tertiary/aromatic N) is 2. The minimum atomic E-state index is -1.12. The molecule has 2 heterocycles. The number of aliphatic hydroxyl groups is 1. The third-order valence-electron chi connectivity index (χ3n) is 4.12. The Morgan fingerprint density at radius 2 is 2.17 bits per heavy atom. The van der Waals surface area contributed by atoms with Crippen LogP contribution in [0.4, 0.5) is 5.82 Å². The van der Waals surface area contributed by atoms with E-state index in [1.807, 2.05) is 0 Å². The summed E-state index contributed by atoms with van der Waals surface area (Å²) in [5.74, 6) is 1.61. The van der Waals surface area contributed by atoms with E-state index in [2.05, 4.69) is 15.3 Å². The molecular weight excluding hydrogens is 294 g/mol. The van der Waals surface area contributed by atoms with Gasteiger partial charge in [0.05, 0.1) is 25.2 Å². The Kier molecular flexibility index (Phi) is 4.81. The summed E-state index contributed by atoms with van der Waals surface area (Å²) in [6.07, 6.45) is 10.9. The van der Waals surface area contributed by atoms with Gasteiger partial charge < -0.3 is 19.6 Å². The molecule has 0 aliphatic heterocycles. The van der Waals surface area contributed by atoms with E-state index in [0.717, 1.165) is 12.8 Å². The first-order chi connectivity index (χ1) is 11.1. The first kappa shape index (κ1) is 15.8. The van der Waals surface area contributed by atoms with Gasteiger partial charge in [-0.05, 0) is 44.7 Å². The molecule has 1 aliphatic rings. The number of nitrogens with one attached hydrogen (secondary N) is 1. The minimum Gasteiger partial charge on any atom is -0.473 e. The van der Waals surface area contributed by atoms with Crippen molar-refractivity contribution in [3.05, 3.63) is 36.5 Å². The Balaban J connectivity index is 1.59. The van der Waals surface area contributed by atoms with E-state index >= 15 is 0 Å². The molecule has 1 fully saturated rings. The fourth-order valence-electron chi connectivity index (χ4n) is 2.78. The van der Waals surface area contributed by atoms with Crippen molar-refractivity contribution in [1.82, 2.24) is 9.97 Å². The van der Waals surface area contributed by atoms with E-state index in [1.54, 1.807) is 37.7 Å².